The molecule has 1 rings (SSSR count). The SMILES string of the molecule is CCOC(CC)C(O)Cc1cnccc1N. The summed E-state index contributed by atoms with van der Waals surface area (Å²) in [7, 11) is 0. The van der Waals surface area contributed by atoms with Gasteiger partial charge in [0.15, 0.2) is 0 Å². The maximum Gasteiger partial charge on any atom is 0.0843 e. The minimum atomic E-state index is -0.531. The lowest BCUT2D eigenvalue weighted by atomic mass is 10.0. The van der Waals surface area contributed by atoms with Crippen LogP contribution in [0.25, 0.3) is 0 Å². The number of ether oxygens (including phenoxy) is 1. The molecule has 2 unspecified atom stereocenters. The van der Waals surface area contributed by atoms with Crippen LogP contribution in [0.15, 0.2) is 18.5 Å². The van der Waals surface area contributed by atoms with E-state index in [1.807, 2.05) is 13.8 Å². The molecule has 0 aromatic carbocycles. The zero-order valence-electron chi connectivity index (χ0n) is 9.89. The minimum Gasteiger partial charge on any atom is -0.398 e. The van der Waals surface area contributed by atoms with E-state index >= 15 is 0 Å². The lowest BCUT2D eigenvalue weighted by molar-refractivity contribution is -0.0334. The zero-order valence-corrected chi connectivity index (χ0v) is 9.89. The monoisotopic (exact) mass is 224 g/mol. The second-order valence-electron chi connectivity index (χ2n) is 3.75. The van der Waals surface area contributed by atoms with E-state index in [4.69, 9.17) is 10.5 Å². The standard InChI is InChI=1S/C12H20N2O2/c1-3-12(16-4-2)11(15)7-9-8-14-6-5-10(9)13/h5-6,8,11-12,15H,3-4,7H2,1-2H3,(H2,13,14). The molecule has 1 aromatic rings. The Morgan fingerprint density at radius 3 is 2.81 bits per heavy atom. The van der Waals surface area contributed by atoms with E-state index in [0.29, 0.717) is 18.7 Å². The van der Waals surface area contributed by atoms with Gasteiger partial charge in [-0.1, -0.05) is 6.92 Å². The summed E-state index contributed by atoms with van der Waals surface area (Å²) in [5.41, 5.74) is 7.33. The van der Waals surface area contributed by atoms with E-state index in [-0.39, 0.29) is 6.10 Å². The van der Waals surface area contributed by atoms with Crippen LogP contribution in [-0.4, -0.2) is 28.9 Å². The van der Waals surface area contributed by atoms with E-state index in [9.17, 15) is 5.11 Å². The summed E-state index contributed by atoms with van der Waals surface area (Å²) in [4.78, 5) is 4.00. The first-order chi connectivity index (χ1) is 7.69. The van der Waals surface area contributed by atoms with E-state index in [2.05, 4.69) is 4.98 Å². The van der Waals surface area contributed by atoms with E-state index < -0.39 is 6.10 Å². The molecule has 0 aliphatic carbocycles. The Labute approximate surface area is 96.5 Å². The van der Waals surface area contributed by atoms with Crippen LogP contribution < -0.4 is 5.73 Å². The molecule has 0 bridgehead atoms. The molecule has 1 aromatic heterocycles. The first kappa shape index (κ1) is 12.9. The summed E-state index contributed by atoms with van der Waals surface area (Å²) in [6, 6.07) is 1.74. The molecule has 3 N–H and O–H groups in total. The molecule has 2 atom stereocenters. The van der Waals surface area contributed by atoms with Crippen molar-refractivity contribution in [2.75, 3.05) is 12.3 Å². The molecule has 16 heavy (non-hydrogen) atoms. The Morgan fingerprint density at radius 2 is 2.25 bits per heavy atom. The molecule has 4 nitrogen and oxygen atoms in total. The lowest BCUT2D eigenvalue weighted by Crippen LogP contribution is -2.30. The Morgan fingerprint density at radius 1 is 1.50 bits per heavy atom. The lowest BCUT2D eigenvalue weighted by Gasteiger charge is -2.21. The average Bonchev–Trinajstić information content (AvgIpc) is 2.29. The number of aliphatic hydroxyl groups is 1. The van der Waals surface area contributed by atoms with Gasteiger partial charge in [-0.05, 0) is 25.0 Å². The number of anilines is 1. The van der Waals surface area contributed by atoms with Gasteiger partial charge in [-0.15, -0.1) is 0 Å². The van der Waals surface area contributed by atoms with Crippen LogP contribution >= 0.6 is 0 Å². The fourth-order valence-corrected chi connectivity index (χ4v) is 1.68. The number of nitrogen functional groups attached to an aromatic ring is 1. The van der Waals surface area contributed by atoms with Gasteiger partial charge in [0.05, 0.1) is 12.2 Å². The van der Waals surface area contributed by atoms with Crippen molar-refractivity contribution in [2.45, 2.75) is 38.9 Å². The molecule has 0 aliphatic rings. The van der Waals surface area contributed by atoms with Gasteiger partial charge in [0.2, 0.25) is 0 Å². The van der Waals surface area contributed by atoms with Crippen LogP contribution in [-0.2, 0) is 11.2 Å². The molecule has 0 fully saturated rings. The summed E-state index contributed by atoms with van der Waals surface area (Å²) in [5.74, 6) is 0. The van der Waals surface area contributed by atoms with Gasteiger partial charge in [-0.3, -0.25) is 4.98 Å². The number of hydrogen-bond donors (Lipinski definition) is 2. The van der Waals surface area contributed by atoms with Crippen molar-refractivity contribution in [2.24, 2.45) is 0 Å². The summed E-state index contributed by atoms with van der Waals surface area (Å²) in [5, 5.41) is 10.0. The molecule has 0 spiro atoms. The maximum absolute atomic E-state index is 10.0. The minimum absolute atomic E-state index is 0.135. The van der Waals surface area contributed by atoms with E-state index in [1.54, 1.807) is 18.5 Å². The summed E-state index contributed by atoms with van der Waals surface area (Å²) in [6.45, 7) is 4.53. The van der Waals surface area contributed by atoms with Crippen molar-refractivity contribution >= 4 is 5.69 Å². The molecular weight excluding hydrogens is 204 g/mol. The number of nitrogens with two attached hydrogens (primary N) is 1. The normalized spacial score (nSPS) is 14.7. The number of aromatic nitrogens is 1. The van der Waals surface area contributed by atoms with Crippen LogP contribution in [0.3, 0.4) is 0 Å². The largest absolute Gasteiger partial charge is 0.398 e. The highest BCUT2D eigenvalue weighted by Crippen LogP contribution is 2.15. The molecule has 0 aliphatic heterocycles. The predicted molar refractivity (Wildman–Crippen MR) is 64.1 cm³/mol. The third-order valence-electron chi connectivity index (χ3n) is 2.58. The first-order valence-electron chi connectivity index (χ1n) is 5.67. The van der Waals surface area contributed by atoms with Gasteiger partial charge >= 0.3 is 0 Å². The number of aliphatic hydroxyl groups excluding tert-OH is 1. The van der Waals surface area contributed by atoms with Gasteiger partial charge in [-0.2, -0.15) is 0 Å². The Balaban J connectivity index is 2.62. The maximum atomic E-state index is 10.0. The number of pyridine rings is 1. The van der Waals surface area contributed by atoms with Crippen LogP contribution in [0.2, 0.25) is 0 Å². The zero-order chi connectivity index (χ0) is 12.0. The van der Waals surface area contributed by atoms with Crippen LogP contribution in [0.4, 0.5) is 5.69 Å². The topological polar surface area (TPSA) is 68.4 Å². The van der Waals surface area contributed by atoms with Crippen LogP contribution in [0.5, 0.6) is 0 Å². The molecule has 0 amide bonds. The summed E-state index contributed by atoms with van der Waals surface area (Å²) in [6.07, 6.45) is 3.94. The smallest absolute Gasteiger partial charge is 0.0843 e. The van der Waals surface area contributed by atoms with E-state index in [0.717, 1.165) is 12.0 Å². The van der Waals surface area contributed by atoms with Crippen molar-refractivity contribution in [1.29, 1.82) is 0 Å². The highest BCUT2D eigenvalue weighted by atomic mass is 16.5. The highest BCUT2D eigenvalue weighted by molar-refractivity contribution is 5.44. The van der Waals surface area contributed by atoms with Gasteiger partial charge in [-0.25, -0.2) is 0 Å². The number of rotatable bonds is 6. The van der Waals surface area contributed by atoms with Crippen LogP contribution in [0.1, 0.15) is 25.8 Å². The molecule has 1 heterocycles. The summed E-state index contributed by atoms with van der Waals surface area (Å²) < 4.78 is 5.45. The fraction of sp³-hybridized carbons (Fsp3) is 0.583. The molecule has 0 saturated heterocycles. The number of hydrogen-bond acceptors (Lipinski definition) is 4. The molecule has 0 saturated carbocycles. The highest BCUT2D eigenvalue weighted by Gasteiger charge is 2.18. The summed E-state index contributed by atoms with van der Waals surface area (Å²) >= 11 is 0. The second-order valence-corrected chi connectivity index (χ2v) is 3.75. The van der Waals surface area contributed by atoms with Gasteiger partial charge < -0.3 is 15.6 Å². The van der Waals surface area contributed by atoms with E-state index in [1.165, 1.54) is 0 Å². The van der Waals surface area contributed by atoms with Gasteiger partial charge in [0.25, 0.3) is 0 Å². The third kappa shape index (κ3) is 3.47. The second kappa shape index (κ2) is 6.45. The average molecular weight is 224 g/mol. The Hall–Kier alpha value is -1.13. The van der Waals surface area contributed by atoms with Crippen molar-refractivity contribution < 1.29 is 9.84 Å². The Kier molecular flexibility index (Phi) is 5.22. The third-order valence-corrected chi connectivity index (χ3v) is 2.58. The van der Waals surface area contributed by atoms with Gasteiger partial charge in [0.1, 0.15) is 0 Å². The van der Waals surface area contributed by atoms with Crippen LogP contribution in [0, 0.1) is 0 Å². The van der Waals surface area contributed by atoms with Crippen molar-refractivity contribution in [3.05, 3.63) is 24.0 Å². The molecule has 90 valence electrons. The fourth-order valence-electron chi connectivity index (χ4n) is 1.68. The quantitative estimate of drug-likeness (QED) is 0.766. The number of nitrogens with zero attached hydrogens (tertiary/aromatic N) is 1. The Bertz CT molecular complexity index is 318. The van der Waals surface area contributed by atoms with Crippen molar-refractivity contribution in [1.82, 2.24) is 4.98 Å². The van der Waals surface area contributed by atoms with Gasteiger partial charge in [0, 0.05) is 31.1 Å². The molecule has 4 heteroatoms. The van der Waals surface area contributed by atoms with Crippen molar-refractivity contribution in [3.8, 4) is 0 Å². The predicted octanol–water partition coefficient (Wildman–Crippen LogP) is 1.38. The first-order valence-corrected chi connectivity index (χ1v) is 5.67. The molecule has 0 radical (unpaired) electrons. The van der Waals surface area contributed by atoms with Crippen molar-refractivity contribution in [3.63, 3.8) is 0 Å². The molecular formula is C12H20N2O2.